The van der Waals surface area contributed by atoms with E-state index in [0.29, 0.717) is 0 Å². The molecule has 1 heterocycles. The molecule has 0 bridgehead atoms. The van der Waals surface area contributed by atoms with E-state index in [-0.39, 0.29) is 0 Å². The fourth-order valence-electron chi connectivity index (χ4n) is 1.42. The second-order valence-electron chi connectivity index (χ2n) is 2.87. The van der Waals surface area contributed by atoms with Crippen molar-refractivity contribution >= 4 is 11.8 Å². The van der Waals surface area contributed by atoms with E-state index < -0.39 is 23.3 Å². The van der Waals surface area contributed by atoms with Gasteiger partial charge in [0.05, 0.1) is 5.92 Å². The lowest BCUT2D eigenvalue weighted by Gasteiger charge is -2.20. The van der Waals surface area contributed by atoms with E-state index in [1.807, 2.05) is 0 Å². The average molecular weight is 165 g/mol. The summed E-state index contributed by atoms with van der Waals surface area (Å²) in [6.07, 6.45) is 6.03. The van der Waals surface area contributed by atoms with Gasteiger partial charge in [-0.2, -0.15) is 0 Å². The highest BCUT2D eigenvalue weighted by Crippen LogP contribution is 2.29. The maximum absolute atomic E-state index is 11.1. The molecule has 2 atom stereocenters. The number of fused-ring (bicyclic) bond motifs is 1. The summed E-state index contributed by atoms with van der Waals surface area (Å²) in [7, 11) is 0. The highest BCUT2D eigenvalue weighted by molar-refractivity contribution is 6.11. The third kappa shape index (κ3) is 0.698. The van der Waals surface area contributed by atoms with E-state index in [4.69, 9.17) is 0 Å². The van der Waals surface area contributed by atoms with Gasteiger partial charge in [-0.15, -0.1) is 0 Å². The molecule has 0 radical (unpaired) electrons. The van der Waals surface area contributed by atoms with Gasteiger partial charge in [0.25, 0.3) is 5.91 Å². The van der Waals surface area contributed by atoms with Crippen molar-refractivity contribution in [2.45, 2.75) is 5.60 Å². The summed E-state index contributed by atoms with van der Waals surface area (Å²) in [4.78, 5) is 22.1. The van der Waals surface area contributed by atoms with E-state index in [2.05, 4.69) is 5.32 Å². The molecule has 0 aromatic rings. The van der Waals surface area contributed by atoms with Crippen molar-refractivity contribution in [3.63, 3.8) is 0 Å². The van der Waals surface area contributed by atoms with Crippen molar-refractivity contribution in [3.8, 4) is 0 Å². The summed E-state index contributed by atoms with van der Waals surface area (Å²) in [6.45, 7) is 0. The lowest BCUT2D eigenvalue weighted by Crippen LogP contribution is -2.40. The van der Waals surface area contributed by atoms with Gasteiger partial charge >= 0.3 is 0 Å². The number of carbonyl (C=O) groups is 2. The molecule has 0 saturated carbocycles. The first-order chi connectivity index (χ1) is 5.64. The van der Waals surface area contributed by atoms with Gasteiger partial charge in [-0.1, -0.05) is 18.2 Å². The first kappa shape index (κ1) is 7.24. The zero-order chi connectivity index (χ0) is 8.77. The van der Waals surface area contributed by atoms with E-state index in [1.54, 1.807) is 12.2 Å². The molecular weight excluding hydrogens is 158 g/mol. The zero-order valence-corrected chi connectivity index (χ0v) is 6.15. The van der Waals surface area contributed by atoms with Crippen molar-refractivity contribution in [2.75, 3.05) is 0 Å². The van der Waals surface area contributed by atoms with Crippen molar-refractivity contribution in [2.24, 2.45) is 5.92 Å². The molecule has 2 N–H and O–H groups in total. The number of aliphatic hydroxyl groups is 1. The van der Waals surface area contributed by atoms with Gasteiger partial charge in [0.1, 0.15) is 0 Å². The molecule has 2 rings (SSSR count). The lowest BCUT2D eigenvalue weighted by molar-refractivity contribution is -0.132. The van der Waals surface area contributed by atoms with Crippen molar-refractivity contribution in [3.05, 3.63) is 24.3 Å². The number of rotatable bonds is 0. The van der Waals surface area contributed by atoms with Gasteiger partial charge in [0, 0.05) is 0 Å². The van der Waals surface area contributed by atoms with E-state index in [0.717, 1.165) is 0 Å². The van der Waals surface area contributed by atoms with Gasteiger partial charge in [-0.3, -0.25) is 14.9 Å². The highest BCUT2D eigenvalue weighted by atomic mass is 16.3. The molecule has 12 heavy (non-hydrogen) atoms. The fraction of sp³-hybridized carbons (Fsp3) is 0.250. The molecule has 2 aliphatic rings. The van der Waals surface area contributed by atoms with Crippen LogP contribution in [0.15, 0.2) is 24.3 Å². The zero-order valence-electron chi connectivity index (χ0n) is 6.15. The number of nitrogens with one attached hydrogen (secondary N) is 1. The Balaban J connectivity index is 2.49. The van der Waals surface area contributed by atoms with Crippen LogP contribution in [0.1, 0.15) is 0 Å². The third-order valence-corrected chi connectivity index (χ3v) is 2.12. The molecule has 0 aromatic heterocycles. The molecule has 62 valence electrons. The topological polar surface area (TPSA) is 66.4 Å². The van der Waals surface area contributed by atoms with Crippen LogP contribution < -0.4 is 5.32 Å². The molecule has 1 aliphatic heterocycles. The Kier molecular flexibility index (Phi) is 1.23. The summed E-state index contributed by atoms with van der Waals surface area (Å²) < 4.78 is 0. The molecular formula is C8H7NO3. The fourth-order valence-corrected chi connectivity index (χ4v) is 1.42. The molecule has 1 saturated heterocycles. The number of allylic oxidation sites excluding steroid dienone is 2. The SMILES string of the molecule is O=C1NC(=O)[C@@]2(O)C=CC=CC12. The average Bonchev–Trinajstić information content (AvgIpc) is 2.25. The predicted molar refractivity (Wildman–Crippen MR) is 39.9 cm³/mol. The Morgan fingerprint density at radius 1 is 1.42 bits per heavy atom. The predicted octanol–water partition coefficient (Wildman–Crippen LogP) is -0.884. The molecule has 0 aromatic carbocycles. The first-order valence-electron chi connectivity index (χ1n) is 3.58. The summed E-state index contributed by atoms with van der Waals surface area (Å²) in [6, 6.07) is 0. The summed E-state index contributed by atoms with van der Waals surface area (Å²) >= 11 is 0. The largest absolute Gasteiger partial charge is 0.375 e. The van der Waals surface area contributed by atoms with Crippen molar-refractivity contribution < 1.29 is 14.7 Å². The standard InChI is InChI=1S/C8H7NO3/c10-6-5-3-1-2-4-8(5,12)7(11)9-6/h1-5,12H,(H,9,10,11)/t5?,8-/m1/s1. The summed E-state index contributed by atoms with van der Waals surface area (Å²) in [5.74, 6) is -1.84. The van der Waals surface area contributed by atoms with E-state index in [1.165, 1.54) is 12.2 Å². The van der Waals surface area contributed by atoms with Crippen LogP contribution in [-0.4, -0.2) is 22.5 Å². The minimum absolute atomic E-state index is 0.442. The van der Waals surface area contributed by atoms with Crippen LogP contribution in [0.5, 0.6) is 0 Å². The minimum Gasteiger partial charge on any atom is -0.375 e. The van der Waals surface area contributed by atoms with Crippen LogP contribution >= 0.6 is 0 Å². The molecule has 4 heteroatoms. The monoisotopic (exact) mass is 165 g/mol. The number of hydrogen-bond donors (Lipinski definition) is 2. The van der Waals surface area contributed by atoms with Gasteiger partial charge < -0.3 is 5.11 Å². The van der Waals surface area contributed by atoms with E-state index >= 15 is 0 Å². The first-order valence-corrected chi connectivity index (χ1v) is 3.58. The summed E-state index contributed by atoms with van der Waals surface area (Å²) in [5.41, 5.74) is -1.65. The van der Waals surface area contributed by atoms with Crippen LogP contribution in [-0.2, 0) is 9.59 Å². The van der Waals surface area contributed by atoms with Crippen molar-refractivity contribution in [1.29, 1.82) is 0 Å². The highest BCUT2D eigenvalue weighted by Gasteiger charge is 2.51. The van der Waals surface area contributed by atoms with Crippen LogP contribution in [0.4, 0.5) is 0 Å². The Bertz CT molecular complexity index is 318. The van der Waals surface area contributed by atoms with Crippen LogP contribution in [0, 0.1) is 5.92 Å². The van der Waals surface area contributed by atoms with Crippen LogP contribution in [0.2, 0.25) is 0 Å². The number of carbonyl (C=O) groups excluding carboxylic acids is 2. The Morgan fingerprint density at radius 3 is 2.83 bits per heavy atom. The van der Waals surface area contributed by atoms with Gasteiger partial charge in [-0.25, -0.2) is 0 Å². The smallest absolute Gasteiger partial charge is 0.263 e. The van der Waals surface area contributed by atoms with Gasteiger partial charge in [0.2, 0.25) is 5.91 Å². The maximum Gasteiger partial charge on any atom is 0.263 e. The Morgan fingerprint density at radius 2 is 2.17 bits per heavy atom. The molecule has 0 spiro atoms. The van der Waals surface area contributed by atoms with Crippen molar-refractivity contribution in [1.82, 2.24) is 5.32 Å². The number of imide groups is 1. The number of hydrogen-bond acceptors (Lipinski definition) is 3. The second-order valence-corrected chi connectivity index (χ2v) is 2.87. The van der Waals surface area contributed by atoms with Gasteiger partial charge in [-0.05, 0) is 6.08 Å². The minimum atomic E-state index is -1.65. The molecule has 1 unspecified atom stereocenters. The molecule has 2 amide bonds. The van der Waals surface area contributed by atoms with Crippen LogP contribution in [0.3, 0.4) is 0 Å². The van der Waals surface area contributed by atoms with E-state index in [9.17, 15) is 14.7 Å². The Labute approximate surface area is 68.6 Å². The molecule has 1 aliphatic carbocycles. The molecule has 1 fully saturated rings. The number of amides is 2. The quantitative estimate of drug-likeness (QED) is 0.458. The van der Waals surface area contributed by atoms with Crippen LogP contribution in [0.25, 0.3) is 0 Å². The maximum atomic E-state index is 11.1. The lowest BCUT2D eigenvalue weighted by atomic mass is 9.86. The normalized spacial score (nSPS) is 38.2. The second kappa shape index (κ2) is 2.04. The Hall–Kier alpha value is -1.42. The molecule has 4 nitrogen and oxygen atoms in total. The van der Waals surface area contributed by atoms with Gasteiger partial charge in [0.15, 0.2) is 5.60 Å². The third-order valence-electron chi connectivity index (χ3n) is 2.12. The summed E-state index contributed by atoms with van der Waals surface area (Å²) in [5, 5.41) is 11.7.